The lowest BCUT2D eigenvalue weighted by Gasteiger charge is -2.34. The summed E-state index contributed by atoms with van der Waals surface area (Å²) in [6.07, 6.45) is 3.29. The summed E-state index contributed by atoms with van der Waals surface area (Å²) in [5, 5.41) is 3.56. The molecule has 1 N–H and O–H groups in total. The Hall–Kier alpha value is -0.570. The number of nitrogens with zero attached hydrogens (tertiary/aromatic N) is 1. The van der Waals surface area contributed by atoms with Crippen LogP contribution < -0.4 is 5.32 Å². The first-order chi connectivity index (χ1) is 8.76. The zero-order valence-electron chi connectivity index (χ0n) is 13.8. The summed E-state index contributed by atoms with van der Waals surface area (Å²) >= 11 is 0. The van der Waals surface area contributed by atoms with Gasteiger partial charge in [-0.2, -0.15) is 0 Å². The fraction of sp³-hybridized carbons (Fsp3) is 0.938. The number of nitrogens with one attached hydrogen (secondary N) is 1. The van der Waals surface area contributed by atoms with E-state index in [1.165, 1.54) is 6.42 Å². The molecule has 1 rings (SSSR count). The highest BCUT2D eigenvalue weighted by Gasteiger charge is 2.49. The summed E-state index contributed by atoms with van der Waals surface area (Å²) in [5.41, 5.74) is -0.376. The third-order valence-electron chi connectivity index (χ3n) is 4.73. The molecule has 4 atom stereocenters. The normalized spacial score (nSPS) is 31.1. The fourth-order valence-electron chi connectivity index (χ4n) is 2.95. The van der Waals surface area contributed by atoms with E-state index in [0.717, 1.165) is 12.8 Å². The molecular weight excluding hydrogens is 236 g/mol. The molecule has 1 amide bonds. The topological polar surface area (TPSA) is 32.3 Å². The van der Waals surface area contributed by atoms with Gasteiger partial charge in [-0.25, -0.2) is 0 Å². The zero-order chi connectivity index (χ0) is 14.8. The van der Waals surface area contributed by atoms with Gasteiger partial charge in [0.2, 0.25) is 5.91 Å². The Balaban J connectivity index is 2.91. The van der Waals surface area contributed by atoms with E-state index in [2.05, 4.69) is 51.8 Å². The van der Waals surface area contributed by atoms with Gasteiger partial charge in [-0.05, 0) is 38.5 Å². The Morgan fingerprint density at radius 1 is 1.26 bits per heavy atom. The van der Waals surface area contributed by atoms with Crippen LogP contribution in [0.4, 0.5) is 0 Å². The van der Waals surface area contributed by atoms with Crippen molar-refractivity contribution in [2.45, 2.75) is 85.5 Å². The first-order valence-electron chi connectivity index (χ1n) is 7.87. The molecule has 19 heavy (non-hydrogen) atoms. The number of carbonyl (C=O) groups is 1. The van der Waals surface area contributed by atoms with E-state index in [9.17, 15) is 4.79 Å². The van der Waals surface area contributed by atoms with Crippen LogP contribution in [-0.4, -0.2) is 28.6 Å². The molecule has 3 nitrogen and oxygen atoms in total. The molecule has 0 bridgehead atoms. The standard InChI is InChI=1S/C16H32N2O/c1-8-12(5)10-13(6)18-14(11(3)4)17-16(7,9-2)15(18)19/h11-14,17H,8-10H2,1-7H3. The molecule has 1 fully saturated rings. The Kier molecular flexibility index (Phi) is 5.43. The molecular formula is C16H32N2O. The Morgan fingerprint density at radius 3 is 2.26 bits per heavy atom. The number of amides is 1. The number of carbonyl (C=O) groups excluding carboxylic acids is 1. The second-order valence-corrected chi connectivity index (χ2v) is 6.83. The lowest BCUT2D eigenvalue weighted by atomic mass is 9.96. The van der Waals surface area contributed by atoms with Gasteiger partial charge in [-0.15, -0.1) is 0 Å². The van der Waals surface area contributed by atoms with Gasteiger partial charge in [-0.1, -0.05) is 41.0 Å². The summed E-state index contributed by atoms with van der Waals surface area (Å²) in [7, 11) is 0. The lowest BCUT2D eigenvalue weighted by Crippen LogP contribution is -2.46. The molecule has 3 heteroatoms. The molecule has 0 radical (unpaired) electrons. The van der Waals surface area contributed by atoms with Crippen LogP contribution in [0, 0.1) is 11.8 Å². The SMILES string of the molecule is CCC(C)CC(C)N1C(=O)C(C)(CC)NC1C(C)C. The van der Waals surface area contributed by atoms with Crippen LogP contribution in [-0.2, 0) is 4.79 Å². The van der Waals surface area contributed by atoms with Crippen LogP contribution in [0.3, 0.4) is 0 Å². The monoisotopic (exact) mass is 268 g/mol. The van der Waals surface area contributed by atoms with Crippen molar-refractivity contribution >= 4 is 5.91 Å². The van der Waals surface area contributed by atoms with Gasteiger partial charge in [0.05, 0.1) is 11.7 Å². The molecule has 0 aromatic carbocycles. The summed E-state index contributed by atoms with van der Waals surface area (Å²) in [5.74, 6) is 1.39. The van der Waals surface area contributed by atoms with Crippen LogP contribution in [0.1, 0.15) is 67.7 Å². The van der Waals surface area contributed by atoms with E-state index >= 15 is 0 Å². The maximum absolute atomic E-state index is 12.7. The minimum atomic E-state index is -0.376. The summed E-state index contributed by atoms with van der Waals surface area (Å²) in [6.45, 7) is 15.2. The number of hydrogen-bond acceptors (Lipinski definition) is 2. The highest BCUT2D eigenvalue weighted by atomic mass is 16.2. The molecule has 1 heterocycles. The average Bonchev–Trinajstić information content (AvgIpc) is 2.63. The van der Waals surface area contributed by atoms with Crippen molar-refractivity contribution in [2.75, 3.05) is 0 Å². The van der Waals surface area contributed by atoms with E-state index in [-0.39, 0.29) is 17.6 Å². The van der Waals surface area contributed by atoms with Crippen LogP contribution in [0.2, 0.25) is 0 Å². The maximum Gasteiger partial charge on any atom is 0.244 e. The molecule has 0 aromatic rings. The van der Waals surface area contributed by atoms with Crippen molar-refractivity contribution in [3.63, 3.8) is 0 Å². The van der Waals surface area contributed by atoms with Gasteiger partial charge in [0.25, 0.3) is 0 Å². The van der Waals surface area contributed by atoms with Crippen molar-refractivity contribution in [2.24, 2.45) is 11.8 Å². The van der Waals surface area contributed by atoms with Crippen molar-refractivity contribution in [3.05, 3.63) is 0 Å². The van der Waals surface area contributed by atoms with Gasteiger partial charge in [0.15, 0.2) is 0 Å². The van der Waals surface area contributed by atoms with Gasteiger partial charge < -0.3 is 4.90 Å². The second kappa shape index (κ2) is 6.25. The maximum atomic E-state index is 12.7. The predicted molar refractivity (Wildman–Crippen MR) is 80.8 cm³/mol. The summed E-state index contributed by atoms with van der Waals surface area (Å²) in [4.78, 5) is 14.9. The molecule has 1 aliphatic heterocycles. The fourth-order valence-corrected chi connectivity index (χ4v) is 2.95. The van der Waals surface area contributed by atoms with Crippen LogP contribution in [0.15, 0.2) is 0 Å². The van der Waals surface area contributed by atoms with Gasteiger partial charge in [0.1, 0.15) is 0 Å². The summed E-state index contributed by atoms with van der Waals surface area (Å²) in [6, 6.07) is 0.315. The Morgan fingerprint density at radius 2 is 1.84 bits per heavy atom. The molecule has 1 aliphatic rings. The van der Waals surface area contributed by atoms with Crippen LogP contribution in [0.25, 0.3) is 0 Å². The predicted octanol–water partition coefficient (Wildman–Crippen LogP) is 3.39. The Bertz CT molecular complexity index is 316. The molecule has 0 spiro atoms. The average molecular weight is 268 g/mol. The quantitative estimate of drug-likeness (QED) is 0.801. The first-order valence-corrected chi connectivity index (χ1v) is 7.87. The van der Waals surface area contributed by atoms with Gasteiger partial charge in [-0.3, -0.25) is 10.1 Å². The lowest BCUT2D eigenvalue weighted by molar-refractivity contribution is -0.135. The van der Waals surface area contributed by atoms with E-state index in [1.807, 2.05) is 6.92 Å². The van der Waals surface area contributed by atoms with E-state index < -0.39 is 0 Å². The molecule has 0 aliphatic carbocycles. The minimum absolute atomic E-state index is 0.177. The van der Waals surface area contributed by atoms with Crippen molar-refractivity contribution < 1.29 is 4.79 Å². The third-order valence-corrected chi connectivity index (χ3v) is 4.73. The highest BCUT2D eigenvalue weighted by molar-refractivity contribution is 5.88. The highest BCUT2D eigenvalue weighted by Crippen LogP contribution is 2.30. The van der Waals surface area contributed by atoms with Crippen LogP contribution >= 0.6 is 0 Å². The van der Waals surface area contributed by atoms with E-state index in [4.69, 9.17) is 0 Å². The molecule has 4 unspecified atom stereocenters. The zero-order valence-corrected chi connectivity index (χ0v) is 13.8. The number of rotatable bonds is 6. The molecule has 112 valence electrons. The largest absolute Gasteiger partial charge is 0.323 e. The van der Waals surface area contributed by atoms with Crippen molar-refractivity contribution in [1.29, 1.82) is 0 Å². The minimum Gasteiger partial charge on any atom is -0.323 e. The van der Waals surface area contributed by atoms with Crippen molar-refractivity contribution in [3.8, 4) is 0 Å². The first kappa shape index (κ1) is 16.5. The van der Waals surface area contributed by atoms with E-state index in [1.54, 1.807) is 0 Å². The molecule has 0 saturated carbocycles. The van der Waals surface area contributed by atoms with Gasteiger partial charge in [0, 0.05) is 6.04 Å². The van der Waals surface area contributed by atoms with Crippen LogP contribution in [0.5, 0.6) is 0 Å². The van der Waals surface area contributed by atoms with Crippen molar-refractivity contribution in [1.82, 2.24) is 10.2 Å². The number of hydrogen-bond donors (Lipinski definition) is 1. The van der Waals surface area contributed by atoms with E-state index in [0.29, 0.717) is 17.9 Å². The smallest absolute Gasteiger partial charge is 0.244 e. The summed E-state index contributed by atoms with van der Waals surface area (Å²) < 4.78 is 0. The third kappa shape index (κ3) is 3.31. The molecule has 0 aromatic heterocycles. The van der Waals surface area contributed by atoms with Gasteiger partial charge >= 0.3 is 0 Å². The Labute approximate surface area is 119 Å². The second-order valence-electron chi connectivity index (χ2n) is 6.83. The molecule has 1 saturated heterocycles.